The van der Waals surface area contributed by atoms with Crippen LogP contribution in [-0.4, -0.2) is 44.3 Å². The molecule has 1 aromatic carbocycles. The minimum atomic E-state index is -3.69. The SMILES string of the molecule is CCOC(=O)C1CCN(S(=O)(=O)c2ccc3c(c2)C(=C2CCCC2)C(=O)N3)CC1. The van der Waals surface area contributed by atoms with Crippen LogP contribution >= 0.6 is 0 Å². The first-order chi connectivity index (χ1) is 13.9. The summed E-state index contributed by atoms with van der Waals surface area (Å²) >= 11 is 0. The van der Waals surface area contributed by atoms with Crippen LogP contribution in [0, 0.1) is 5.92 Å². The summed E-state index contributed by atoms with van der Waals surface area (Å²) in [6.45, 7) is 2.67. The molecule has 2 heterocycles. The maximum Gasteiger partial charge on any atom is 0.309 e. The molecule has 0 spiro atoms. The molecule has 7 nitrogen and oxygen atoms in total. The van der Waals surface area contributed by atoms with Gasteiger partial charge in [0.15, 0.2) is 0 Å². The normalized spacial score (nSPS) is 20.7. The number of nitrogens with zero attached hydrogens (tertiary/aromatic N) is 1. The van der Waals surface area contributed by atoms with Crippen LogP contribution in [-0.2, 0) is 24.3 Å². The highest BCUT2D eigenvalue weighted by molar-refractivity contribution is 7.89. The molecule has 3 aliphatic rings. The van der Waals surface area contributed by atoms with Gasteiger partial charge in [0.2, 0.25) is 10.0 Å². The van der Waals surface area contributed by atoms with Gasteiger partial charge in [0.1, 0.15) is 0 Å². The van der Waals surface area contributed by atoms with Crippen LogP contribution in [0.25, 0.3) is 5.57 Å². The summed E-state index contributed by atoms with van der Waals surface area (Å²) < 4.78 is 32.9. The third-order valence-electron chi connectivity index (χ3n) is 6.01. The fraction of sp³-hybridized carbons (Fsp3) is 0.524. The van der Waals surface area contributed by atoms with Crippen molar-refractivity contribution in [1.29, 1.82) is 0 Å². The molecule has 8 heteroatoms. The van der Waals surface area contributed by atoms with Gasteiger partial charge in [0.05, 0.1) is 17.4 Å². The van der Waals surface area contributed by atoms with Gasteiger partial charge in [-0.25, -0.2) is 8.42 Å². The minimum Gasteiger partial charge on any atom is -0.466 e. The summed E-state index contributed by atoms with van der Waals surface area (Å²) in [7, 11) is -3.69. The van der Waals surface area contributed by atoms with Crippen LogP contribution in [0.1, 0.15) is 51.0 Å². The Morgan fingerprint density at radius 1 is 1.21 bits per heavy atom. The Morgan fingerprint density at radius 2 is 1.90 bits per heavy atom. The summed E-state index contributed by atoms with van der Waals surface area (Å²) in [6, 6.07) is 4.85. The maximum atomic E-state index is 13.2. The lowest BCUT2D eigenvalue weighted by atomic mass is 9.98. The van der Waals surface area contributed by atoms with Gasteiger partial charge in [-0.05, 0) is 63.6 Å². The Kier molecular flexibility index (Phi) is 5.48. The molecule has 4 rings (SSSR count). The molecule has 1 saturated heterocycles. The van der Waals surface area contributed by atoms with Gasteiger partial charge in [-0.15, -0.1) is 0 Å². The third-order valence-corrected chi connectivity index (χ3v) is 7.90. The Labute approximate surface area is 171 Å². The highest BCUT2D eigenvalue weighted by Gasteiger charge is 2.35. The fourth-order valence-corrected chi connectivity index (χ4v) is 5.95. The fourth-order valence-electron chi connectivity index (χ4n) is 4.45. The van der Waals surface area contributed by atoms with Crippen molar-refractivity contribution in [3.63, 3.8) is 0 Å². The number of esters is 1. The second kappa shape index (κ2) is 7.91. The number of rotatable bonds is 4. The highest BCUT2D eigenvalue weighted by Crippen LogP contribution is 2.40. The quantitative estimate of drug-likeness (QED) is 0.599. The van der Waals surface area contributed by atoms with E-state index in [2.05, 4.69) is 5.32 Å². The van der Waals surface area contributed by atoms with Crippen LogP contribution in [0.2, 0.25) is 0 Å². The summed E-state index contributed by atoms with van der Waals surface area (Å²) in [5, 5.41) is 2.86. The third kappa shape index (κ3) is 3.71. The number of fused-ring (bicyclic) bond motifs is 1. The van der Waals surface area contributed by atoms with Gasteiger partial charge in [-0.2, -0.15) is 4.31 Å². The Morgan fingerprint density at radius 3 is 2.55 bits per heavy atom. The van der Waals surface area contributed by atoms with Gasteiger partial charge in [0, 0.05) is 29.9 Å². The molecule has 1 N–H and O–H groups in total. The molecule has 0 bridgehead atoms. The monoisotopic (exact) mass is 418 g/mol. The van der Waals surface area contributed by atoms with E-state index in [1.54, 1.807) is 25.1 Å². The van der Waals surface area contributed by atoms with E-state index in [0.29, 0.717) is 36.3 Å². The zero-order valence-electron chi connectivity index (χ0n) is 16.6. The second-order valence-corrected chi connectivity index (χ2v) is 9.72. The standard InChI is InChI=1S/C21H26N2O5S/c1-2-28-21(25)15-9-11-23(12-10-15)29(26,27)16-7-8-18-17(13-16)19(20(24)22-18)14-5-3-4-6-14/h7-8,13,15H,2-6,9-12H2,1H3,(H,22,24). The molecule has 1 saturated carbocycles. The van der Waals surface area contributed by atoms with Gasteiger partial charge in [-0.1, -0.05) is 5.57 Å². The molecule has 29 heavy (non-hydrogen) atoms. The van der Waals surface area contributed by atoms with Crippen molar-refractivity contribution in [3.05, 3.63) is 29.3 Å². The molecule has 0 radical (unpaired) electrons. The van der Waals surface area contributed by atoms with Crippen molar-refractivity contribution in [1.82, 2.24) is 4.31 Å². The number of piperidine rings is 1. The smallest absolute Gasteiger partial charge is 0.309 e. The van der Waals surface area contributed by atoms with Crippen LogP contribution in [0.5, 0.6) is 0 Å². The van der Waals surface area contributed by atoms with Crippen LogP contribution < -0.4 is 5.32 Å². The zero-order chi connectivity index (χ0) is 20.6. The first kappa shape index (κ1) is 20.1. The van der Waals surface area contributed by atoms with E-state index < -0.39 is 10.0 Å². The predicted octanol–water partition coefficient (Wildman–Crippen LogP) is 2.93. The van der Waals surface area contributed by atoms with Gasteiger partial charge >= 0.3 is 5.97 Å². The molecule has 1 aromatic rings. The molecule has 0 unspecified atom stereocenters. The summed E-state index contributed by atoms with van der Waals surface area (Å²) in [4.78, 5) is 24.6. The van der Waals surface area contributed by atoms with Crippen LogP contribution in [0.3, 0.4) is 0 Å². The molecule has 2 fully saturated rings. The van der Waals surface area contributed by atoms with E-state index in [-0.39, 0.29) is 35.8 Å². The molecule has 0 atom stereocenters. The number of nitrogens with one attached hydrogen (secondary N) is 1. The lowest BCUT2D eigenvalue weighted by Gasteiger charge is -2.30. The molecule has 1 aliphatic carbocycles. The predicted molar refractivity (Wildman–Crippen MR) is 109 cm³/mol. The van der Waals surface area contributed by atoms with Crippen LogP contribution in [0.15, 0.2) is 28.7 Å². The summed E-state index contributed by atoms with van der Waals surface area (Å²) in [5.74, 6) is -0.636. The average Bonchev–Trinajstić information content (AvgIpc) is 3.34. The molecular formula is C21H26N2O5S. The highest BCUT2D eigenvalue weighted by atomic mass is 32.2. The molecule has 0 aromatic heterocycles. The molecular weight excluding hydrogens is 392 g/mol. The van der Waals surface area contributed by atoms with Crippen molar-refractivity contribution in [2.75, 3.05) is 25.0 Å². The number of amides is 1. The number of carbonyl (C=O) groups is 2. The van der Waals surface area contributed by atoms with Crippen molar-refractivity contribution in [2.45, 2.75) is 50.3 Å². The first-order valence-electron chi connectivity index (χ1n) is 10.3. The summed E-state index contributed by atoms with van der Waals surface area (Å²) in [5.41, 5.74) is 3.13. The first-order valence-corrected chi connectivity index (χ1v) is 11.7. The van der Waals surface area contributed by atoms with Crippen LogP contribution in [0.4, 0.5) is 5.69 Å². The second-order valence-electron chi connectivity index (χ2n) is 7.78. The average molecular weight is 419 g/mol. The van der Waals surface area contributed by atoms with E-state index in [1.165, 1.54) is 4.31 Å². The number of benzene rings is 1. The van der Waals surface area contributed by atoms with Gasteiger partial charge in [-0.3, -0.25) is 9.59 Å². The van der Waals surface area contributed by atoms with E-state index >= 15 is 0 Å². The Hall–Kier alpha value is -2.19. The number of ether oxygens (including phenoxy) is 1. The van der Waals surface area contributed by atoms with Crippen molar-refractivity contribution in [3.8, 4) is 0 Å². The summed E-state index contributed by atoms with van der Waals surface area (Å²) in [6.07, 6.45) is 4.82. The van der Waals surface area contributed by atoms with Crippen molar-refractivity contribution >= 4 is 33.2 Å². The maximum absolute atomic E-state index is 13.2. The number of sulfonamides is 1. The number of allylic oxidation sites excluding steroid dienone is 1. The number of carbonyl (C=O) groups excluding carboxylic acids is 2. The largest absolute Gasteiger partial charge is 0.466 e. The van der Waals surface area contributed by atoms with Gasteiger partial charge < -0.3 is 10.1 Å². The number of hydrogen-bond acceptors (Lipinski definition) is 5. The molecule has 2 aliphatic heterocycles. The van der Waals surface area contributed by atoms with E-state index in [0.717, 1.165) is 31.3 Å². The van der Waals surface area contributed by atoms with Crippen molar-refractivity contribution in [2.24, 2.45) is 5.92 Å². The zero-order valence-corrected chi connectivity index (χ0v) is 17.4. The lowest BCUT2D eigenvalue weighted by Crippen LogP contribution is -2.40. The lowest BCUT2D eigenvalue weighted by molar-refractivity contribution is -0.149. The topological polar surface area (TPSA) is 92.8 Å². The van der Waals surface area contributed by atoms with E-state index in [4.69, 9.17) is 4.74 Å². The Balaban J connectivity index is 1.57. The number of hydrogen-bond donors (Lipinski definition) is 1. The molecule has 156 valence electrons. The van der Waals surface area contributed by atoms with E-state index in [1.807, 2.05) is 0 Å². The molecule has 1 amide bonds. The Bertz CT molecular complexity index is 967. The van der Waals surface area contributed by atoms with Gasteiger partial charge in [0.25, 0.3) is 5.91 Å². The van der Waals surface area contributed by atoms with Crippen molar-refractivity contribution < 1.29 is 22.7 Å². The number of anilines is 1. The van der Waals surface area contributed by atoms with E-state index in [9.17, 15) is 18.0 Å². The minimum absolute atomic E-state index is 0.137.